The number of hydrogen-bond donors (Lipinski definition) is 0. The van der Waals surface area contributed by atoms with Crippen LogP contribution in [0.1, 0.15) is 52.9 Å². The molecule has 1 aliphatic heterocycles. The van der Waals surface area contributed by atoms with E-state index in [2.05, 4.69) is 32.3 Å². The average molecular weight is 268 g/mol. The van der Waals surface area contributed by atoms with Crippen molar-refractivity contribution in [2.45, 2.75) is 70.5 Å². The molecule has 0 N–H and O–H groups in total. The smallest absolute Gasteiger partial charge is 0.0455 e. The molecule has 0 amide bonds. The molecule has 1 nitrogen and oxygen atoms in total. The average Bonchev–Trinajstić information content (AvgIpc) is 2.31. The maximum Gasteiger partial charge on any atom is 0.0455 e. The Labute approximate surface area is 116 Å². The van der Waals surface area contributed by atoms with E-state index in [9.17, 15) is 0 Å². The molecule has 1 saturated heterocycles. The van der Waals surface area contributed by atoms with Crippen LogP contribution >= 0.6 is 0 Å². The highest BCUT2D eigenvalue weighted by atomic mass is 28.3. The first-order valence-corrected chi connectivity index (χ1v) is 10.4. The van der Waals surface area contributed by atoms with Crippen molar-refractivity contribution in [3.8, 4) is 0 Å². The van der Waals surface area contributed by atoms with Gasteiger partial charge < -0.3 is 4.90 Å². The molecular formula is C16H33NSi. The van der Waals surface area contributed by atoms with Crippen molar-refractivity contribution in [3.05, 3.63) is 12.2 Å². The van der Waals surface area contributed by atoms with Crippen molar-refractivity contribution in [2.24, 2.45) is 0 Å². The summed E-state index contributed by atoms with van der Waals surface area (Å²) in [6.45, 7) is 15.3. The minimum Gasteiger partial charge on any atom is -0.303 e. The van der Waals surface area contributed by atoms with Gasteiger partial charge in [0.1, 0.15) is 0 Å². The van der Waals surface area contributed by atoms with Crippen LogP contribution in [0.4, 0.5) is 0 Å². The van der Waals surface area contributed by atoms with Crippen LogP contribution in [0.25, 0.3) is 0 Å². The van der Waals surface area contributed by atoms with Gasteiger partial charge in [0.2, 0.25) is 0 Å². The van der Waals surface area contributed by atoms with Crippen molar-refractivity contribution in [1.29, 1.82) is 0 Å². The van der Waals surface area contributed by atoms with Gasteiger partial charge in [-0.25, -0.2) is 0 Å². The van der Waals surface area contributed by atoms with Gasteiger partial charge in [-0.3, -0.25) is 0 Å². The molecule has 0 aromatic rings. The van der Waals surface area contributed by atoms with Crippen LogP contribution in [0.15, 0.2) is 12.2 Å². The number of nitrogens with zero attached hydrogens (tertiary/aromatic N) is 1. The molecule has 0 aliphatic carbocycles. The van der Waals surface area contributed by atoms with Crippen molar-refractivity contribution < 1.29 is 0 Å². The maximum atomic E-state index is 4.29. The number of likely N-dealkylation sites (tertiary alicyclic amines) is 1. The van der Waals surface area contributed by atoms with E-state index in [1.165, 1.54) is 69.4 Å². The second-order valence-corrected chi connectivity index (χ2v) is 10.1. The number of hydrogen-bond acceptors (Lipinski definition) is 1. The molecule has 1 rings (SSSR count). The predicted octanol–water partition coefficient (Wildman–Crippen LogP) is 4.47. The van der Waals surface area contributed by atoms with E-state index in [4.69, 9.17) is 0 Å². The summed E-state index contributed by atoms with van der Waals surface area (Å²) in [7, 11) is -0.603. The molecule has 0 aromatic carbocycles. The summed E-state index contributed by atoms with van der Waals surface area (Å²) in [6.07, 6.45) is 7.16. The molecule has 18 heavy (non-hydrogen) atoms. The summed E-state index contributed by atoms with van der Waals surface area (Å²) in [6, 6.07) is 2.86. The lowest BCUT2D eigenvalue weighted by atomic mass is 10.1. The third-order valence-electron chi connectivity index (χ3n) is 4.65. The lowest BCUT2D eigenvalue weighted by Crippen LogP contribution is -2.35. The highest BCUT2D eigenvalue weighted by Crippen LogP contribution is 2.26. The molecule has 0 saturated carbocycles. The van der Waals surface area contributed by atoms with Gasteiger partial charge in [0.05, 0.1) is 0 Å². The second-order valence-electron chi connectivity index (χ2n) is 6.10. The molecule has 0 radical (unpaired) electrons. The fourth-order valence-electron chi connectivity index (χ4n) is 3.34. The SMILES string of the molecule is C=C(C)C(CN1CCCCCCC1)[SiH](CC)CC. The van der Waals surface area contributed by atoms with Crippen LogP contribution in [0.5, 0.6) is 0 Å². The molecule has 1 heterocycles. The minimum atomic E-state index is -0.603. The summed E-state index contributed by atoms with van der Waals surface area (Å²) < 4.78 is 0. The van der Waals surface area contributed by atoms with Crippen molar-refractivity contribution in [3.63, 3.8) is 0 Å². The van der Waals surface area contributed by atoms with Crippen molar-refractivity contribution in [2.75, 3.05) is 19.6 Å². The van der Waals surface area contributed by atoms with E-state index in [0.29, 0.717) is 0 Å². The van der Waals surface area contributed by atoms with Gasteiger partial charge >= 0.3 is 0 Å². The Morgan fingerprint density at radius 3 is 2.00 bits per heavy atom. The van der Waals surface area contributed by atoms with Crippen LogP contribution in [0.3, 0.4) is 0 Å². The molecule has 0 spiro atoms. The summed E-state index contributed by atoms with van der Waals surface area (Å²) in [5.74, 6) is 0. The first-order valence-electron chi connectivity index (χ1n) is 8.06. The second kappa shape index (κ2) is 8.92. The third kappa shape index (κ3) is 5.27. The van der Waals surface area contributed by atoms with E-state index in [-0.39, 0.29) is 0 Å². The molecule has 2 heteroatoms. The van der Waals surface area contributed by atoms with E-state index in [0.717, 1.165) is 5.54 Å². The Morgan fingerprint density at radius 2 is 1.56 bits per heavy atom. The summed E-state index contributed by atoms with van der Waals surface area (Å²) >= 11 is 0. The Balaban J connectivity index is 2.54. The quantitative estimate of drug-likeness (QED) is 0.507. The zero-order chi connectivity index (χ0) is 13.4. The fourth-order valence-corrected chi connectivity index (χ4v) is 6.46. The largest absolute Gasteiger partial charge is 0.303 e. The molecular weight excluding hydrogens is 234 g/mol. The molecule has 1 fully saturated rings. The van der Waals surface area contributed by atoms with Crippen molar-refractivity contribution >= 4 is 8.80 Å². The Kier molecular flexibility index (Phi) is 7.92. The summed E-state index contributed by atoms with van der Waals surface area (Å²) in [5, 5.41) is 0. The van der Waals surface area contributed by atoms with E-state index in [1.807, 2.05) is 0 Å². The van der Waals surface area contributed by atoms with Gasteiger partial charge in [0, 0.05) is 15.3 Å². The van der Waals surface area contributed by atoms with Gasteiger partial charge in [0.25, 0.3) is 0 Å². The van der Waals surface area contributed by atoms with Gasteiger partial charge in [-0.1, -0.05) is 50.8 Å². The topological polar surface area (TPSA) is 3.24 Å². The molecule has 1 atom stereocenters. The molecule has 1 aliphatic rings. The monoisotopic (exact) mass is 267 g/mol. The lowest BCUT2D eigenvalue weighted by Gasteiger charge is -2.32. The van der Waals surface area contributed by atoms with Gasteiger partial charge in [0.15, 0.2) is 0 Å². The van der Waals surface area contributed by atoms with E-state index in [1.54, 1.807) is 0 Å². The van der Waals surface area contributed by atoms with E-state index >= 15 is 0 Å². The van der Waals surface area contributed by atoms with Crippen LogP contribution in [-0.4, -0.2) is 33.3 Å². The molecule has 106 valence electrons. The number of rotatable bonds is 6. The first-order chi connectivity index (χ1) is 8.69. The predicted molar refractivity (Wildman–Crippen MR) is 86.2 cm³/mol. The fraction of sp³-hybridized carbons (Fsp3) is 0.875. The van der Waals surface area contributed by atoms with E-state index < -0.39 is 8.80 Å². The standard InChI is InChI=1S/C16H33NSi/c1-5-18(6-2)16(15(3)4)14-17-12-10-8-7-9-11-13-17/h16,18H,3,5-14H2,1-2,4H3. The van der Waals surface area contributed by atoms with Gasteiger partial charge in [-0.2, -0.15) is 0 Å². The minimum absolute atomic E-state index is 0.603. The van der Waals surface area contributed by atoms with Crippen LogP contribution < -0.4 is 0 Å². The Bertz CT molecular complexity index is 227. The molecule has 0 aromatic heterocycles. The summed E-state index contributed by atoms with van der Waals surface area (Å²) in [5.41, 5.74) is 2.30. The normalized spacial score (nSPS) is 20.4. The molecule has 0 bridgehead atoms. The molecule has 1 unspecified atom stereocenters. The highest BCUT2D eigenvalue weighted by molar-refractivity contribution is 6.61. The van der Waals surface area contributed by atoms with Crippen LogP contribution in [0, 0.1) is 0 Å². The lowest BCUT2D eigenvalue weighted by molar-refractivity contribution is 0.249. The van der Waals surface area contributed by atoms with Gasteiger partial charge in [-0.15, -0.1) is 6.58 Å². The summed E-state index contributed by atoms with van der Waals surface area (Å²) in [4.78, 5) is 2.74. The Morgan fingerprint density at radius 1 is 1.06 bits per heavy atom. The van der Waals surface area contributed by atoms with Gasteiger partial charge in [-0.05, 0) is 38.4 Å². The zero-order valence-electron chi connectivity index (χ0n) is 12.9. The Hall–Kier alpha value is -0.0831. The van der Waals surface area contributed by atoms with Crippen LogP contribution in [-0.2, 0) is 0 Å². The third-order valence-corrected chi connectivity index (χ3v) is 8.67. The van der Waals surface area contributed by atoms with Crippen LogP contribution in [0.2, 0.25) is 17.6 Å². The van der Waals surface area contributed by atoms with Crippen molar-refractivity contribution in [1.82, 2.24) is 4.90 Å². The maximum absolute atomic E-state index is 4.29. The first kappa shape index (κ1) is 16.0. The zero-order valence-corrected chi connectivity index (χ0v) is 14.0. The highest BCUT2D eigenvalue weighted by Gasteiger charge is 2.23.